The SMILES string of the molecule is O=C1Nc2ccc(Br)cc2C1=C[S+]([O-])Cc1ccc(Br)cc1. The predicted octanol–water partition coefficient (Wildman–Crippen LogP) is 4.45. The molecule has 1 heterocycles. The molecule has 22 heavy (non-hydrogen) atoms. The summed E-state index contributed by atoms with van der Waals surface area (Å²) in [6.07, 6.45) is 0. The van der Waals surface area contributed by atoms with Crippen molar-refractivity contribution in [1.82, 2.24) is 0 Å². The molecule has 6 heteroatoms. The summed E-state index contributed by atoms with van der Waals surface area (Å²) in [7, 11) is 0. The van der Waals surface area contributed by atoms with E-state index in [-0.39, 0.29) is 5.91 Å². The molecule has 0 spiro atoms. The third-order valence-corrected chi connectivity index (χ3v) is 5.37. The Balaban J connectivity index is 1.84. The van der Waals surface area contributed by atoms with Crippen molar-refractivity contribution in [2.45, 2.75) is 5.75 Å². The van der Waals surface area contributed by atoms with Gasteiger partial charge in [0.2, 0.25) is 0 Å². The fraction of sp³-hybridized carbons (Fsp3) is 0.0625. The summed E-state index contributed by atoms with van der Waals surface area (Å²) in [6.45, 7) is 0. The summed E-state index contributed by atoms with van der Waals surface area (Å²) in [6, 6.07) is 13.2. The zero-order valence-corrected chi connectivity index (χ0v) is 15.3. The van der Waals surface area contributed by atoms with Crippen LogP contribution in [0.25, 0.3) is 5.57 Å². The van der Waals surface area contributed by atoms with Crippen LogP contribution in [0.5, 0.6) is 0 Å². The quantitative estimate of drug-likeness (QED) is 0.566. The molecule has 1 N–H and O–H groups in total. The van der Waals surface area contributed by atoms with E-state index >= 15 is 0 Å². The first-order chi connectivity index (χ1) is 10.5. The molecule has 0 aliphatic carbocycles. The number of rotatable bonds is 3. The van der Waals surface area contributed by atoms with Crippen LogP contribution < -0.4 is 5.32 Å². The monoisotopic (exact) mass is 439 g/mol. The van der Waals surface area contributed by atoms with Gasteiger partial charge < -0.3 is 9.87 Å². The largest absolute Gasteiger partial charge is 0.612 e. The second kappa shape index (κ2) is 6.58. The van der Waals surface area contributed by atoms with E-state index in [0.717, 1.165) is 25.8 Å². The number of anilines is 1. The maximum atomic E-state index is 12.3. The lowest BCUT2D eigenvalue weighted by molar-refractivity contribution is -0.110. The minimum atomic E-state index is -1.26. The lowest BCUT2D eigenvalue weighted by Crippen LogP contribution is -2.07. The molecule has 2 aromatic carbocycles. The fourth-order valence-electron chi connectivity index (χ4n) is 2.20. The highest BCUT2D eigenvalue weighted by Crippen LogP contribution is 2.34. The van der Waals surface area contributed by atoms with Gasteiger partial charge in [0.25, 0.3) is 5.91 Å². The smallest absolute Gasteiger partial charge is 0.260 e. The number of hydrogen-bond donors (Lipinski definition) is 1. The number of carbonyl (C=O) groups excluding carboxylic acids is 1. The Kier molecular flexibility index (Phi) is 4.73. The standard InChI is InChI=1S/C16H11Br2NO2S/c17-11-3-1-10(2-4-11)8-22(21)9-14-13-7-12(18)5-6-15(13)19-16(14)20/h1-7,9H,8H2,(H,19,20). The lowest BCUT2D eigenvalue weighted by atomic mass is 10.1. The molecule has 0 radical (unpaired) electrons. The molecule has 0 bridgehead atoms. The van der Waals surface area contributed by atoms with Crippen LogP contribution in [0, 0.1) is 0 Å². The Bertz CT molecular complexity index is 759. The summed E-state index contributed by atoms with van der Waals surface area (Å²) >= 11 is 5.51. The van der Waals surface area contributed by atoms with Crippen LogP contribution in [0.1, 0.15) is 11.1 Å². The number of benzene rings is 2. The first-order valence-corrected chi connectivity index (χ1v) is 9.44. The van der Waals surface area contributed by atoms with Gasteiger partial charge in [0.1, 0.15) is 11.2 Å². The summed E-state index contributed by atoms with van der Waals surface area (Å²) < 4.78 is 14.2. The molecule has 0 saturated carbocycles. The highest BCUT2D eigenvalue weighted by Gasteiger charge is 2.26. The number of hydrogen-bond acceptors (Lipinski definition) is 2. The first kappa shape index (κ1) is 15.8. The average molecular weight is 441 g/mol. The van der Waals surface area contributed by atoms with Crippen LogP contribution in [0.4, 0.5) is 5.69 Å². The highest BCUT2D eigenvalue weighted by atomic mass is 79.9. The first-order valence-electron chi connectivity index (χ1n) is 6.47. The van der Waals surface area contributed by atoms with Gasteiger partial charge in [-0.05, 0) is 41.5 Å². The molecule has 2 aromatic rings. The van der Waals surface area contributed by atoms with E-state index in [4.69, 9.17) is 0 Å². The zero-order chi connectivity index (χ0) is 15.7. The van der Waals surface area contributed by atoms with Crippen LogP contribution in [-0.2, 0) is 21.7 Å². The molecular formula is C16H11Br2NO2S. The molecule has 0 aromatic heterocycles. The van der Waals surface area contributed by atoms with E-state index in [1.807, 2.05) is 42.5 Å². The van der Waals surface area contributed by atoms with E-state index in [1.165, 1.54) is 5.41 Å². The van der Waals surface area contributed by atoms with Crippen molar-refractivity contribution < 1.29 is 9.35 Å². The van der Waals surface area contributed by atoms with E-state index in [1.54, 1.807) is 0 Å². The van der Waals surface area contributed by atoms with Gasteiger partial charge in [-0.25, -0.2) is 0 Å². The van der Waals surface area contributed by atoms with E-state index in [2.05, 4.69) is 37.2 Å². The average Bonchev–Trinajstić information content (AvgIpc) is 2.77. The molecule has 3 rings (SSSR count). The van der Waals surface area contributed by atoms with Crippen LogP contribution in [-0.4, -0.2) is 10.5 Å². The van der Waals surface area contributed by atoms with Gasteiger partial charge in [-0.3, -0.25) is 4.79 Å². The Morgan fingerprint density at radius 3 is 2.50 bits per heavy atom. The molecule has 112 valence electrons. The van der Waals surface area contributed by atoms with Gasteiger partial charge in [-0.15, -0.1) is 0 Å². The van der Waals surface area contributed by atoms with Crippen LogP contribution in [0.2, 0.25) is 0 Å². The number of amides is 1. The maximum Gasteiger partial charge on any atom is 0.260 e. The molecule has 0 fully saturated rings. The Morgan fingerprint density at radius 2 is 1.77 bits per heavy atom. The Labute approximate surface area is 148 Å². The molecule has 1 atom stereocenters. The van der Waals surface area contributed by atoms with Crippen molar-refractivity contribution in [1.29, 1.82) is 0 Å². The minimum Gasteiger partial charge on any atom is -0.612 e. The molecule has 1 aliphatic rings. The predicted molar refractivity (Wildman–Crippen MR) is 96.7 cm³/mol. The van der Waals surface area contributed by atoms with Crippen LogP contribution >= 0.6 is 31.9 Å². The lowest BCUT2D eigenvalue weighted by Gasteiger charge is -2.07. The van der Waals surface area contributed by atoms with Crippen molar-refractivity contribution in [3.63, 3.8) is 0 Å². The molecule has 3 nitrogen and oxygen atoms in total. The van der Waals surface area contributed by atoms with Crippen molar-refractivity contribution >= 4 is 60.2 Å². The molecular weight excluding hydrogens is 430 g/mol. The van der Waals surface area contributed by atoms with Gasteiger partial charge >= 0.3 is 0 Å². The topological polar surface area (TPSA) is 52.2 Å². The summed E-state index contributed by atoms with van der Waals surface area (Å²) in [5.74, 6) is 0.171. The van der Waals surface area contributed by atoms with Gasteiger partial charge in [-0.2, -0.15) is 0 Å². The molecule has 1 unspecified atom stereocenters. The third-order valence-electron chi connectivity index (χ3n) is 3.24. The number of nitrogens with one attached hydrogen (secondary N) is 1. The molecule has 1 amide bonds. The molecule has 0 saturated heterocycles. The van der Waals surface area contributed by atoms with Gasteiger partial charge in [0, 0.05) is 25.8 Å². The van der Waals surface area contributed by atoms with Gasteiger partial charge in [0.05, 0.1) is 5.57 Å². The van der Waals surface area contributed by atoms with Crippen molar-refractivity contribution in [3.8, 4) is 0 Å². The van der Waals surface area contributed by atoms with E-state index in [0.29, 0.717) is 11.3 Å². The highest BCUT2D eigenvalue weighted by molar-refractivity contribution is 9.10. The number of fused-ring (bicyclic) bond motifs is 1. The van der Waals surface area contributed by atoms with Crippen molar-refractivity contribution in [2.75, 3.05) is 5.32 Å². The summed E-state index contributed by atoms with van der Waals surface area (Å²) in [4.78, 5) is 12.0. The fourth-order valence-corrected chi connectivity index (χ4v) is 3.92. The van der Waals surface area contributed by atoms with Crippen LogP contribution in [0.15, 0.2) is 56.8 Å². The Hall–Kier alpha value is -1.08. The molecule has 1 aliphatic heterocycles. The summed E-state index contributed by atoms with van der Waals surface area (Å²) in [5, 5.41) is 4.32. The van der Waals surface area contributed by atoms with Crippen LogP contribution in [0.3, 0.4) is 0 Å². The minimum absolute atomic E-state index is 0.211. The third kappa shape index (κ3) is 3.46. The van der Waals surface area contributed by atoms with Gasteiger partial charge in [0.15, 0.2) is 0 Å². The second-order valence-electron chi connectivity index (χ2n) is 4.83. The Morgan fingerprint density at radius 1 is 1.09 bits per heavy atom. The van der Waals surface area contributed by atoms with E-state index in [9.17, 15) is 9.35 Å². The van der Waals surface area contributed by atoms with E-state index < -0.39 is 11.2 Å². The summed E-state index contributed by atoms with van der Waals surface area (Å²) in [5.41, 5.74) is 2.96. The number of halogens is 2. The van der Waals surface area contributed by atoms with Crippen molar-refractivity contribution in [2.24, 2.45) is 0 Å². The maximum absolute atomic E-state index is 12.3. The normalized spacial score (nSPS) is 16.5. The second-order valence-corrected chi connectivity index (χ2v) is 7.94. The number of carbonyl (C=O) groups is 1. The van der Waals surface area contributed by atoms with Gasteiger partial charge in [-0.1, -0.05) is 44.0 Å². The zero-order valence-electron chi connectivity index (χ0n) is 11.3. The van der Waals surface area contributed by atoms with Crippen molar-refractivity contribution in [3.05, 3.63) is 67.9 Å².